The van der Waals surface area contributed by atoms with Gasteiger partial charge >= 0.3 is 0 Å². The van der Waals surface area contributed by atoms with Crippen molar-refractivity contribution >= 4 is 5.91 Å². The third kappa shape index (κ3) is 3.31. The number of hydrogen-bond acceptors (Lipinski definition) is 4. The Morgan fingerprint density at radius 2 is 2.13 bits per heavy atom. The number of aryl methyl sites for hydroxylation is 1. The number of amides is 1. The van der Waals surface area contributed by atoms with E-state index in [0.717, 1.165) is 30.5 Å². The number of benzene rings is 1. The van der Waals surface area contributed by atoms with Gasteiger partial charge in [0.05, 0.1) is 13.7 Å². The Morgan fingerprint density at radius 3 is 2.91 bits per heavy atom. The van der Waals surface area contributed by atoms with Crippen LogP contribution in [-0.4, -0.2) is 35.9 Å². The summed E-state index contributed by atoms with van der Waals surface area (Å²) in [7, 11) is 1.60. The van der Waals surface area contributed by atoms with Crippen molar-refractivity contribution in [1.82, 2.24) is 15.5 Å². The highest BCUT2D eigenvalue weighted by Gasteiger charge is 2.23. The number of hydrogen-bond donors (Lipinski definition) is 2. The number of aromatic amines is 1. The minimum Gasteiger partial charge on any atom is -0.493 e. The van der Waals surface area contributed by atoms with E-state index in [1.165, 1.54) is 0 Å². The van der Waals surface area contributed by atoms with Crippen molar-refractivity contribution in [2.24, 2.45) is 0 Å². The molecule has 0 radical (unpaired) electrons. The molecule has 0 aliphatic heterocycles. The molecule has 2 N–H and O–H groups in total. The largest absolute Gasteiger partial charge is 0.493 e. The Labute approximate surface area is 135 Å². The normalized spacial score (nSPS) is 14.2. The molecule has 23 heavy (non-hydrogen) atoms. The number of carbonyl (C=O) groups is 1. The van der Waals surface area contributed by atoms with Gasteiger partial charge in [-0.15, -0.1) is 0 Å². The van der Waals surface area contributed by atoms with Gasteiger partial charge in [0.2, 0.25) is 0 Å². The molecule has 0 saturated carbocycles. The number of para-hydroxylation sites is 2. The molecule has 3 rings (SSSR count). The van der Waals surface area contributed by atoms with E-state index in [0.29, 0.717) is 23.7 Å². The summed E-state index contributed by atoms with van der Waals surface area (Å²) in [5.74, 6) is 1.19. The molecule has 1 heterocycles. The lowest BCUT2D eigenvalue weighted by Gasteiger charge is -2.17. The molecule has 1 atom stereocenters. The zero-order valence-electron chi connectivity index (χ0n) is 13.4. The minimum atomic E-state index is -0.178. The summed E-state index contributed by atoms with van der Waals surface area (Å²) in [6.07, 6.45) is 2.80. The average Bonchev–Trinajstić information content (AvgIpc) is 3.16. The third-order valence-corrected chi connectivity index (χ3v) is 3.97. The molecule has 1 aromatic heterocycles. The topological polar surface area (TPSA) is 76.2 Å². The highest BCUT2D eigenvalue weighted by atomic mass is 16.5. The average molecular weight is 315 g/mol. The van der Waals surface area contributed by atoms with Crippen LogP contribution < -0.4 is 14.8 Å². The summed E-state index contributed by atoms with van der Waals surface area (Å²) >= 11 is 0. The molecular weight excluding hydrogens is 294 g/mol. The molecule has 2 aromatic rings. The third-order valence-electron chi connectivity index (χ3n) is 3.97. The Morgan fingerprint density at radius 1 is 1.35 bits per heavy atom. The number of ether oxygens (including phenoxy) is 2. The summed E-state index contributed by atoms with van der Waals surface area (Å²) in [5, 5.41) is 9.97. The maximum absolute atomic E-state index is 12.3. The molecule has 0 unspecified atom stereocenters. The van der Waals surface area contributed by atoms with Crippen LogP contribution in [0.3, 0.4) is 0 Å². The predicted octanol–water partition coefficient (Wildman–Crippen LogP) is 2.10. The lowest BCUT2D eigenvalue weighted by molar-refractivity contribution is 0.0925. The van der Waals surface area contributed by atoms with Crippen LogP contribution in [0, 0.1) is 0 Å². The van der Waals surface area contributed by atoms with Gasteiger partial charge in [0, 0.05) is 11.3 Å². The van der Waals surface area contributed by atoms with Gasteiger partial charge in [-0.25, -0.2) is 0 Å². The zero-order valence-corrected chi connectivity index (χ0v) is 13.4. The first-order chi connectivity index (χ1) is 11.2. The van der Waals surface area contributed by atoms with Gasteiger partial charge in [-0.3, -0.25) is 9.89 Å². The monoisotopic (exact) mass is 315 g/mol. The summed E-state index contributed by atoms with van der Waals surface area (Å²) in [6.45, 7) is 2.31. The number of rotatable bonds is 6. The van der Waals surface area contributed by atoms with Crippen LogP contribution in [0.5, 0.6) is 11.5 Å². The van der Waals surface area contributed by atoms with Crippen LogP contribution in [-0.2, 0) is 12.8 Å². The first-order valence-electron chi connectivity index (χ1n) is 7.83. The van der Waals surface area contributed by atoms with Gasteiger partial charge < -0.3 is 14.8 Å². The van der Waals surface area contributed by atoms with E-state index < -0.39 is 0 Å². The van der Waals surface area contributed by atoms with E-state index >= 15 is 0 Å². The van der Waals surface area contributed by atoms with Crippen LogP contribution >= 0.6 is 0 Å². The maximum Gasteiger partial charge on any atom is 0.272 e. The second kappa shape index (κ2) is 6.73. The fourth-order valence-corrected chi connectivity index (χ4v) is 2.80. The molecule has 122 valence electrons. The number of nitrogens with zero attached hydrogens (tertiary/aromatic N) is 1. The van der Waals surface area contributed by atoms with Gasteiger partial charge in [-0.1, -0.05) is 12.1 Å². The number of aromatic nitrogens is 2. The number of H-pyrrole nitrogens is 1. The van der Waals surface area contributed by atoms with Crippen molar-refractivity contribution in [3.8, 4) is 11.5 Å². The quantitative estimate of drug-likeness (QED) is 0.856. The molecule has 1 aromatic carbocycles. The molecule has 1 amide bonds. The van der Waals surface area contributed by atoms with Gasteiger partial charge in [-0.05, 0) is 38.3 Å². The van der Waals surface area contributed by atoms with Crippen molar-refractivity contribution in [1.29, 1.82) is 0 Å². The molecule has 6 heteroatoms. The first kappa shape index (κ1) is 15.4. The standard InChI is InChI=1S/C17H21N3O3/c1-11(23-15-9-4-3-8-14(15)22-2)10-18-17(21)16-12-6-5-7-13(12)19-20-16/h3-4,8-9,11H,5-7,10H2,1-2H3,(H,18,21)(H,19,20)/t11-/m0/s1. The highest BCUT2D eigenvalue weighted by molar-refractivity contribution is 5.94. The smallest absolute Gasteiger partial charge is 0.272 e. The Kier molecular flexibility index (Phi) is 4.50. The second-order valence-corrected chi connectivity index (χ2v) is 5.67. The van der Waals surface area contributed by atoms with Crippen LogP contribution in [0.2, 0.25) is 0 Å². The van der Waals surface area contributed by atoms with E-state index in [1.807, 2.05) is 31.2 Å². The molecule has 0 spiro atoms. The number of fused-ring (bicyclic) bond motifs is 1. The van der Waals surface area contributed by atoms with E-state index in [1.54, 1.807) is 7.11 Å². The number of carbonyl (C=O) groups excluding carboxylic acids is 1. The van der Waals surface area contributed by atoms with Crippen molar-refractivity contribution in [2.45, 2.75) is 32.3 Å². The van der Waals surface area contributed by atoms with Crippen molar-refractivity contribution < 1.29 is 14.3 Å². The predicted molar refractivity (Wildman–Crippen MR) is 86.0 cm³/mol. The van der Waals surface area contributed by atoms with Gasteiger partial charge in [0.15, 0.2) is 17.2 Å². The van der Waals surface area contributed by atoms with Crippen LogP contribution in [0.4, 0.5) is 0 Å². The zero-order chi connectivity index (χ0) is 16.2. The molecule has 1 aliphatic carbocycles. The van der Waals surface area contributed by atoms with Crippen LogP contribution in [0.15, 0.2) is 24.3 Å². The van der Waals surface area contributed by atoms with E-state index in [9.17, 15) is 4.79 Å². The molecule has 0 fully saturated rings. The fraction of sp³-hybridized carbons (Fsp3) is 0.412. The molecule has 0 bridgehead atoms. The molecule has 6 nitrogen and oxygen atoms in total. The first-order valence-corrected chi connectivity index (χ1v) is 7.83. The molecular formula is C17H21N3O3. The molecule has 1 aliphatic rings. The Balaban J connectivity index is 1.56. The lowest BCUT2D eigenvalue weighted by Crippen LogP contribution is -2.34. The summed E-state index contributed by atoms with van der Waals surface area (Å²) < 4.78 is 11.1. The van der Waals surface area contributed by atoms with Crippen molar-refractivity contribution in [3.05, 3.63) is 41.2 Å². The van der Waals surface area contributed by atoms with Gasteiger partial charge in [0.25, 0.3) is 5.91 Å². The summed E-state index contributed by atoms with van der Waals surface area (Å²) in [5.41, 5.74) is 2.66. The Bertz CT molecular complexity index is 696. The summed E-state index contributed by atoms with van der Waals surface area (Å²) in [4.78, 5) is 12.3. The van der Waals surface area contributed by atoms with E-state index in [2.05, 4.69) is 15.5 Å². The summed E-state index contributed by atoms with van der Waals surface area (Å²) in [6, 6.07) is 7.46. The Hall–Kier alpha value is -2.50. The second-order valence-electron chi connectivity index (χ2n) is 5.67. The van der Waals surface area contributed by atoms with E-state index in [4.69, 9.17) is 9.47 Å². The van der Waals surface area contributed by atoms with Crippen LogP contribution in [0.25, 0.3) is 0 Å². The number of methoxy groups -OCH3 is 1. The fourth-order valence-electron chi connectivity index (χ4n) is 2.80. The van der Waals surface area contributed by atoms with Crippen molar-refractivity contribution in [3.63, 3.8) is 0 Å². The van der Waals surface area contributed by atoms with E-state index in [-0.39, 0.29) is 12.0 Å². The van der Waals surface area contributed by atoms with Crippen LogP contribution in [0.1, 0.15) is 35.1 Å². The number of nitrogens with one attached hydrogen (secondary N) is 2. The van der Waals surface area contributed by atoms with Gasteiger partial charge in [0.1, 0.15) is 6.10 Å². The maximum atomic E-state index is 12.3. The minimum absolute atomic E-state index is 0.153. The highest BCUT2D eigenvalue weighted by Crippen LogP contribution is 2.26. The SMILES string of the molecule is COc1ccccc1O[C@@H](C)CNC(=O)c1n[nH]c2c1CCC2. The molecule has 0 saturated heterocycles. The lowest BCUT2D eigenvalue weighted by atomic mass is 10.2. The van der Waals surface area contributed by atoms with Crippen molar-refractivity contribution in [2.75, 3.05) is 13.7 Å². The van der Waals surface area contributed by atoms with Gasteiger partial charge in [-0.2, -0.15) is 5.10 Å².